The lowest BCUT2D eigenvalue weighted by Gasteiger charge is -2.13. The minimum Gasteiger partial charge on any atom is -0.350 e. The summed E-state index contributed by atoms with van der Waals surface area (Å²) < 4.78 is 6.08. The van der Waals surface area contributed by atoms with Crippen LogP contribution >= 0.6 is 23.1 Å². The van der Waals surface area contributed by atoms with Gasteiger partial charge in [0, 0.05) is 11.8 Å². The third-order valence-electron chi connectivity index (χ3n) is 3.56. The number of aromatic nitrogens is 4. The van der Waals surface area contributed by atoms with Gasteiger partial charge in [-0.2, -0.15) is 0 Å². The number of carbonyl (C=O) groups excluding carboxylic acids is 1. The highest BCUT2D eigenvalue weighted by atomic mass is 32.2. The van der Waals surface area contributed by atoms with E-state index in [1.54, 1.807) is 6.20 Å². The van der Waals surface area contributed by atoms with Crippen LogP contribution < -0.4 is 5.32 Å². The van der Waals surface area contributed by atoms with Gasteiger partial charge < -0.3 is 4.52 Å². The molecule has 0 unspecified atom stereocenters. The molecule has 7 nitrogen and oxygen atoms in total. The average Bonchev–Trinajstić information content (AvgIpc) is 3.21. The third-order valence-corrected chi connectivity index (χ3v) is 5.37. The van der Waals surface area contributed by atoms with Gasteiger partial charge in [0.25, 0.3) is 5.91 Å². The molecule has 0 aliphatic heterocycles. The van der Waals surface area contributed by atoms with Crippen LogP contribution in [0, 0.1) is 0 Å². The van der Waals surface area contributed by atoms with E-state index < -0.39 is 0 Å². The van der Waals surface area contributed by atoms with Crippen LogP contribution in [0.4, 0.5) is 5.13 Å². The highest BCUT2D eigenvalue weighted by molar-refractivity contribution is 8.00. The number of anilines is 1. The lowest BCUT2D eigenvalue weighted by Crippen LogP contribution is -2.14. The summed E-state index contributed by atoms with van der Waals surface area (Å²) in [5.41, 5.74) is 3.36. The molecule has 0 fully saturated rings. The fourth-order valence-corrected chi connectivity index (χ4v) is 3.68. The molecule has 116 valence electrons. The second-order valence-electron chi connectivity index (χ2n) is 4.88. The molecule has 3 heterocycles. The lowest BCUT2D eigenvalue weighted by molar-refractivity contribution is 0.0986. The zero-order valence-corrected chi connectivity index (χ0v) is 13.7. The third kappa shape index (κ3) is 2.51. The van der Waals surface area contributed by atoms with Crippen LogP contribution in [-0.2, 0) is 12.8 Å². The molecule has 1 N–H and O–H groups in total. The number of amides is 1. The molecule has 0 saturated heterocycles. The van der Waals surface area contributed by atoms with Gasteiger partial charge in [0.2, 0.25) is 10.9 Å². The van der Waals surface area contributed by atoms with Crippen molar-refractivity contribution in [3.05, 3.63) is 35.2 Å². The van der Waals surface area contributed by atoms with Crippen LogP contribution in [-0.4, -0.2) is 32.5 Å². The molecule has 3 aromatic heterocycles. The topological polar surface area (TPSA) is 93.8 Å². The number of nitrogens with one attached hydrogen (secondary N) is 1. The zero-order chi connectivity index (χ0) is 15.8. The predicted molar refractivity (Wildman–Crippen MR) is 86.8 cm³/mol. The standard InChI is InChI=1S/C14H11N5O2S2/c1-22-14-18-17-13(23-14)16-12(20)11-8-5-4-7-3-2-6-15-9(7)10(8)19-21-11/h2-3,6H,4-5H2,1H3,(H,16,17,20). The van der Waals surface area contributed by atoms with E-state index in [1.165, 1.54) is 23.1 Å². The van der Waals surface area contributed by atoms with Crippen molar-refractivity contribution in [1.29, 1.82) is 0 Å². The Kier molecular flexibility index (Phi) is 3.58. The van der Waals surface area contributed by atoms with E-state index in [4.69, 9.17) is 4.52 Å². The van der Waals surface area contributed by atoms with Crippen LogP contribution in [0.5, 0.6) is 0 Å². The summed E-state index contributed by atoms with van der Waals surface area (Å²) in [6, 6.07) is 3.92. The number of nitrogens with zero attached hydrogens (tertiary/aromatic N) is 4. The van der Waals surface area contributed by atoms with Crippen molar-refractivity contribution < 1.29 is 9.32 Å². The van der Waals surface area contributed by atoms with Gasteiger partial charge in [-0.15, -0.1) is 10.2 Å². The fraction of sp³-hybridized carbons (Fsp3) is 0.214. The summed E-state index contributed by atoms with van der Waals surface area (Å²) in [4.78, 5) is 16.8. The van der Waals surface area contributed by atoms with Gasteiger partial charge in [-0.3, -0.25) is 15.1 Å². The molecule has 0 saturated carbocycles. The maximum Gasteiger partial charge on any atom is 0.296 e. The van der Waals surface area contributed by atoms with Gasteiger partial charge in [-0.25, -0.2) is 0 Å². The van der Waals surface area contributed by atoms with Crippen LogP contribution in [0.1, 0.15) is 21.7 Å². The second-order valence-corrected chi connectivity index (χ2v) is 6.91. The number of carbonyl (C=O) groups is 1. The van der Waals surface area contributed by atoms with E-state index in [0.29, 0.717) is 17.2 Å². The first-order valence-corrected chi connectivity index (χ1v) is 8.92. The van der Waals surface area contributed by atoms with E-state index in [2.05, 4.69) is 25.7 Å². The molecule has 9 heteroatoms. The van der Waals surface area contributed by atoms with Crippen LogP contribution in [0.25, 0.3) is 11.4 Å². The predicted octanol–water partition coefficient (Wildman–Crippen LogP) is 2.66. The van der Waals surface area contributed by atoms with Crippen LogP contribution in [0.2, 0.25) is 0 Å². The minimum absolute atomic E-state index is 0.220. The summed E-state index contributed by atoms with van der Waals surface area (Å²) in [5, 5.41) is 15.1. The van der Waals surface area contributed by atoms with E-state index in [-0.39, 0.29) is 11.7 Å². The van der Waals surface area contributed by atoms with Crippen molar-refractivity contribution in [2.75, 3.05) is 11.6 Å². The van der Waals surface area contributed by atoms with Gasteiger partial charge in [-0.05, 0) is 30.7 Å². The SMILES string of the molecule is CSc1nnc(NC(=O)c2onc3c2CCc2cccnc2-3)s1. The van der Waals surface area contributed by atoms with E-state index >= 15 is 0 Å². The van der Waals surface area contributed by atoms with Gasteiger partial charge in [0.1, 0.15) is 5.69 Å². The number of fused-ring (bicyclic) bond motifs is 3. The fourth-order valence-electron chi connectivity index (χ4n) is 2.52. The van der Waals surface area contributed by atoms with Crippen LogP contribution in [0.15, 0.2) is 27.2 Å². The van der Waals surface area contributed by atoms with Gasteiger partial charge >= 0.3 is 0 Å². The summed E-state index contributed by atoms with van der Waals surface area (Å²) in [6.07, 6.45) is 5.14. The number of rotatable bonds is 3. The number of hydrogen-bond acceptors (Lipinski definition) is 8. The first kappa shape index (κ1) is 14.3. The molecule has 0 bridgehead atoms. The van der Waals surface area contributed by atoms with Crippen molar-refractivity contribution >= 4 is 34.1 Å². The Labute approximate surface area is 139 Å². The number of pyridine rings is 1. The Balaban J connectivity index is 1.64. The molecule has 1 aliphatic rings. The number of thioether (sulfide) groups is 1. The Bertz CT molecular complexity index is 889. The highest BCUT2D eigenvalue weighted by Crippen LogP contribution is 2.33. The molecule has 0 radical (unpaired) electrons. The van der Waals surface area contributed by atoms with Crippen molar-refractivity contribution in [3.63, 3.8) is 0 Å². The molecule has 0 atom stereocenters. The Morgan fingerprint density at radius 2 is 2.26 bits per heavy atom. The smallest absolute Gasteiger partial charge is 0.296 e. The lowest BCUT2D eigenvalue weighted by atomic mass is 9.92. The summed E-state index contributed by atoms with van der Waals surface area (Å²) in [6.45, 7) is 0. The molecule has 3 aromatic rings. The number of aryl methyl sites for hydroxylation is 1. The van der Waals surface area contributed by atoms with Gasteiger partial charge in [-0.1, -0.05) is 34.3 Å². The second kappa shape index (κ2) is 5.74. The first-order chi connectivity index (χ1) is 11.3. The molecular formula is C14H11N5O2S2. The maximum absolute atomic E-state index is 12.4. The highest BCUT2D eigenvalue weighted by Gasteiger charge is 2.28. The monoisotopic (exact) mass is 345 g/mol. The Morgan fingerprint density at radius 3 is 3.09 bits per heavy atom. The number of hydrogen-bond donors (Lipinski definition) is 1. The van der Waals surface area contributed by atoms with E-state index in [1.807, 2.05) is 18.4 Å². The maximum atomic E-state index is 12.4. The Hall–Kier alpha value is -2.26. The largest absolute Gasteiger partial charge is 0.350 e. The van der Waals surface area contributed by atoms with Crippen molar-refractivity contribution in [3.8, 4) is 11.4 Å². The molecule has 1 aliphatic carbocycles. The first-order valence-electron chi connectivity index (χ1n) is 6.88. The molecule has 1 amide bonds. The molecule has 23 heavy (non-hydrogen) atoms. The van der Waals surface area contributed by atoms with Crippen LogP contribution in [0.3, 0.4) is 0 Å². The van der Waals surface area contributed by atoms with Gasteiger partial charge in [0.05, 0.1) is 5.69 Å². The molecular weight excluding hydrogens is 334 g/mol. The minimum atomic E-state index is -0.359. The summed E-state index contributed by atoms with van der Waals surface area (Å²) in [7, 11) is 0. The zero-order valence-electron chi connectivity index (χ0n) is 12.1. The summed E-state index contributed by atoms with van der Waals surface area (Å²) >= 11 is 2.80. The van der Waals surface area contributed by atoms with Crippen molar-refractivity contribution in [2.24, 2.45) is 0 Å². The Morgan fingerprint density at radius 1 is 1.35 bits per heavy atom. The molecule has 0 spiro atoms. The van der Waals surface area contributed by atoms with E-state index in [9.17, 15) is 4.79 Å². The van der Waals surface area contributed by atoms with Gasteiger partial charge in [0.15, 0.2) is 4.34 Å². The normalized spacial score (nSPS) is 12.6. The average molecular weight is 345 g/mol. The van der Waals surface area contributed by atoms with Crippen molar-refractivity contribution in [2.45, 2.75) is 17.2 Å². The van der Waals surface area contributed by atoms with Crippen molar-refractivity contribution in [1.82, 2.24) is 20.3 Å². The van der Waals surface area contributed by atoms with E-state index in [0.717, 1.165) is 27.6 Å². The molecule has 0 aromatic carbocycles. The quantitative estimate of drug-likeness (QED) is 0.576. The molecule has 4 rings (SSSR count). The summed E-state index contributed by atoms with van der Waals surface area (Å²) in [5.74, 6) is -0.140.